The zero-order valence-electron chi connectivity index (χ0n) is 13.9. The molecule has 25 heavy (non-hydrogen) atoms. The van der Waals surface area contributed by atoms with Gasteiger partial charge in [0.05, 0.1) is 0 Å². The van der Waals surface area contributed by atoms with Gasteiger partial charge in [-0.2, -0.15) is 0 Å². The summed E-state index contributed by atoms with van der Waals surface area (Å²) in [4.78, 5) is 34.9. The van der Waals surface area contributed by atoms with Crippen LogP contribution in [0.25, 0.3) is 0 Å². The molecule has 0 aliphatic rings. The van der Waals surface area contributed by atoms with Crippen molar-refractivity contribution in [2.45, 2.75) is 20.3 Å². The van der Waals surface area contributed by atoms with E-state index in [2.05, 4.69) is 16.0 Å². The van der Waals surface area contributed by atoms with E-state index in [4.69, 9.17) is 11.6 Å². The Morgan fingerprint density at radius 1 is 0.880 bits per heavy atom. The van der Waals surface area contributed by atoms with Gasteiger partial charge in [0.15, 0.2) is 0 Å². The van der Waals surface area contributed by atoms with Crippen LogP contribution in [0.15, 0.2) is 42.5 Å². The predicted octanol–water partition coefficient (Wildman–Crippen LogP) is 3.57. The molecular weight excluding hydrogens is 342 g/mol. The highest BCUT2D eigenvalue weighted by molar-refractivity contribution is 6.31. The standard InChI is InChI=1S/C18H18ClN3O3/c1-11-15(19)4-3-5-16(11)22-18(25)10-17(24)21-14-8-6-13(7-9-14)20-12(2)23/h3-9H,10H2,1-2H3,(H,20,23)(H,21,24)(H,22,25). The SMILES string of the molecule is CC(=O)Nc1ccc(NC(=O)CC(=O)Nc2cccc(Cl)c2C)cc1. The number of hydrogen-bond donors (Lipinski definition) is 3. The highest BCUT2D eigenvalue weighted by Crippen LogP contribution is 2.23. The quantitative estimate of drug-likeness (QED) is 0.713. The third-order valence-corrected chi connectivity index (χ3v) is 3.76. The lowest BCUT2D eigenvalue weighted by Crippen LogP contribution is -2.21. The fourth-order valence-electron chi connectivity index (χ4n) is 2.13. The molecule has 0 bridgehead atoms. The summed E-state index contributed by atoms with van der Waals surface area (Å²) >= 11 is 6.00. The van der Waals surface area contributed by atoms with Gasteiger partial charge < -0.3 is 16.0 Å². The maximum absolute atomic E-state index is 12.0. The molecule has 0 aromatic heterocycles. The number of benzene rings is 2. The Morgan fingerprint density at radius 2 is 1.44 bits per heavy atom. The second kappa shape index (κ2) is 8.30. The molecule has 0 fully saturated rings. The lowest BCUT2D eigenvalue weighted by Gasteiger charge is -2.10. The number of rotatable bonds is 5. The van der Waals surface area contributed by atoms with Crippen molar-refractivity contribution in [2.75, 3.05) is 16.0 Å². The molecular formula is C18H18ClN3O3. The molecule has 0 unspecified atom stereocenters. The van der Waals surface area contributed by atoms with Gasteiger partial charge in [0.1, 0.15) is 6.42 Å². The Bertz CT molecular complexity index is 804. The molecule has 2 rings (SSSR count). The summed E-state index contributed by atoms with van der Waals surface area (Å²) in [6.45, 7) is 3.20. The summed E-state index contributed by atoms with van der Waals surface area (Å²) < 4.78 is 0. The van der Waals surface area contributed by atoms with E-state index in [0.717, 1.165) is 5.56 Å². The Balaban J connectivity index is 1.90. The van der Waals surface area contributed by atoms with E-state index in [1.807, 2.05) is 0 Å². The number of carbonyl (C=O) groups excluding carboxylic acids is 3. The molecule has 2 aromatic rings. The minimum absolute atomic E-state index is 0.176. The largest absolute Gasteiger partial charge is 0.326 e. The second-order valence-electron chi connectivity index (χ2n) is 5.44. The first-order valence-electron chi connectivity index (χ1n) is 7.57. The van der Waals surface area contributed by atoms with Crippen LogP contribution in [0.4, 0.5) is 17.1 Å². The molecule has 7 heteroatoms. The van der Waals surface area contributed by atoms with Crippen molar-refractivity contribution in [2.24, 2.45) is 0 Å². The molecule has 2 aromatic carbocycles. The number of anilines is 3. The third kappa shape index (κ3) is 5.61. The fourth-order valence-corrected chi connectivity index (χ4v) is 2.30. The highest BCUT2D eigenvalue weighted by atomic mass is 35.5. The first-order chi connectivity index (χ1) is 11.8. The van der Waals surface area contributed by atoms with Gasteiger partial charge in [-0.25, -0.2) is 0 Å². The highest BCUT2D eigenvalue weighted by Gasteiger charge is 2.12. The number of nitrogens with one attached hydrogen (secondary N) is 3. The Kier molecular flexibility index (Phi) is 6.14. The van der Waals surface area contributed by atoms with Crippen LogP contribution in [-0.4, -0.2) is 17.7 Å². The number of halogens is 1. The van der Waals surface area contributed by atoms with Crippen molar-refractivity contribution in [3.8, 4) is 0 Å². The second-order valence-corrected chi connectivity index (χ2v) is 5.85. The molecule has 0 saturated carbocycles. The monoisotopic (exact) mass is 359 g/mol. The Morgan fingerprint density at radius 3 is 2.04 bits per heavy atom. The molecule has 0 heterocycles. The zero-order chi connectivity index (χ0) is 18.4. The van der Waals surface area contributed by atoms with E-state index < -0.39 is 11.8 Å². The molecule has 3 N–H and O–H groups in total. The normalized spacial score (nSPS) is 10.0. The van der Waals surface area contributed by atoms with Crippen molar-refractivity contribution < 1.29 is 14.4 Å². The van der Waals surface area contributed by atoms with Gasteiger partial charge in [-0.05, 0) is 48.9 Å². The van der Waals surface area contributed by atoms with Gasteiger partial charge in [0, 0.05) is 29.0 Å². The first-order valence-corrected chi connectivity index (χ1v) is 7.95. The van der Waals surface area contributed by atoms with E-state index >= 15 is 0 Å². The van der Waals surface area contributed by atoms with Crippen LogP contribution in [0.2, 0.25) is 5.02 Å². The fraction of sp³-hybridized carbons (Fsp3) is 0.167. The minimum Gasteiger partial charge on any atom is -0.326 e. The maximum atomic E-state index is 12.0. The summed E-state index contributed by atoms with van der Waals surface area (Å²) in [5.41, 5.74) is 2.47. The van der Waals surface area contributed by atoms with Crippen LogP contribution < -0.4 is 16.0 Å². The summed E-state index contributed by atoms with van der Waals surface area (Å²) in [6.07, 6.45) is -0.320. The third-order valence-electron chi connectivity index (χ3n) is 3.35. The number of carbonyl (C=O) groups is 3. The molecule has 0 aliphatic heterocycles. The van der Waals surface area contributed by atoms with Crippen LogP contribution in [0.1, 0.15) is 18.9 Å². The lowest BCUT2D eigenvalue weighted by molar-refractivity contribution is -0.123. The van der Waals surface area contributed by atoms with Crippen LogP contribution in [0.5, 0.6) is 0 Å². The number of amides is 3. The maximum Gasteiger partial charge on any atom is 0.233 e. The van der Waals surface area contributed by atoms with Crippen molar-refractivity contribution >= 4 is 46.4 Å². The van der Waals surface area contributed by atoms with E-state index in [-0.39, 0.29) is 12.3 Å². The van der Waals surface area contributed by atoms with Crippen LogP contribution in [0.3, 0.4) is 0 Å². The van der Waals surface area contributed by atoms with Gasteiger partial charge in [0.2, 0.25) is 17.7 Å². The average Bonchev–Trinajstić information content (AvgIpc) is 2.53. The van der Waals surface area contributed by atoms with Crippen LogP contribution in [-0.2, 0) is 14.4 Å². The number of hydrogen-bond acceptors (Lipinski definition) is 3. The van der Waals surface area contributed by atoms with Crippen molar-refractivity contribution in [3.63, 3.8) is 0 Å². The van der Waals surface area contributed by atoms with Gasteiger partial charge in [-0.3, -0.25) is 14.4 Å². The summed E-state index contributed by atoms with van der Waals surface area (Å²) in [5.74, 6) is -1.05. The topological polar surface area (TPSA) is 87.3 Å². The molecule has 3 amide bonds. The van der Waals surface area contributed by atoms with Gasteiger partial charge in [0.25, 0.3) is 0 Å². The minimum atomic E-state index is -0.440. The van der Waals surface area contributed by atoms with Crippen molar-refractivity contribution in [1.82, 2.24) is 0 Å². The van der Waals surface area contributed by atoms with E-state index in [1.165, 1.54) is 6.92 Å². The molecule has 0 radical (unpaired) electrons. The molecule has 130 valence electrons. The van der Waals surface area contributed by atoms with Gasteiger partial charge in [-0.1, -0.05) is 17.7 Å². The molecule has 0 saturated heterocycles. The Labute approximate surface area is 150 Å². The van der Waals surface area contributed by atoms with Crippen molar-refractivity contribution in [1.29, 1.82) is 0 Å². The van der Waals surface area contributed by atoms with Crippen LogP contribution in [0, 0.1) is 6.92 Å². The zero-order valence-corrected chi connectivity index (χ0v) is 14.6. The summed E-state index contributed by atoms with van der Waals surface area (Å²) in [7, 11) is 0. The van der Waals surface area contributed by atoms with Crippen LogP contribution >= 0.6 is 11.6 Å². The lowest BCUT2D eigenvalue weighted by atomic mass is 10.2. The average molecular weight is 360 g/mol. The van der Waals surface area contributed by atoms with Crippen molar-refractivity contribution in [3.05, 3.63) is 53.1 Å². The van der Waals surface area contributed by atoms with Gasteiger partial charge >= 0.3 is 0 Å². The van der Waals surface area contributed by atoms with E-state index in [1.54, 1.807) is 49.4 Å². The van der Waals surface area contributed by atoms with E-state index in [9.17, 15) is 14.4 Å². The smallest absolute Gasteiger partial charge is 0.233 e. The molecule has 6 nitrogen and oxygen atoms in total. The summed E-state index contributed by atoms with van der Waals surface area (Å²) in [6, 6.07) is 11.8. The first kappa shape index (κ1) is 18.5. The molecule has 0 spiro atoms. The predicted molar refractivity (Wildman–Crippen MR) is 98.8 cm³/mol. The molecule has 0 aliphatic carbocycles. The van der Waals surface area contributed by atoms with E-state index in [0.29, 0.717) is 22.1 Å². The molecule has 0 atom stereocenters. The Hall–Kier alpha value is -2.86. The van der Waals surface area contributed by atoms with Gasteiger partial charge in [-0.15, -0.1) is 0 Å². The summed E-state index contributed by atoms with van der Waals surface area (Å²) in [5, 5.41) is 8.46.